The summed E-state index contributed by atoms with van der Waals surface area (Å²) < 4.78 is 0. The summed E-state index contributed by atoms with van der Waals surface area (Å²) in [5.74, 6) is -3.81. The maximum atomic E-state index is 13.0. The fraction of sp³-hybridized carbons (Fsp3) is 0.455. The first-order valence-electron chi connectivity index (χ1n) is 10.8. The fourth-order valence-electron chi connectivity index (χ4n) is 3.45. The summed E-state index contributed by atoms with van der Waals surface area (Å²) in [6.07, 6.45) is 2.84. The van der Waals surface area contributed by atoms with Crippen LogP contribution >= 0.6 is 0 Å². The van der Waals surface area contributed by atoms with Crippen molar-refractivity contribution in [3.05, 3.63) is 36.0 Å². The second kappa shape index (κ2) is 12.6. The standard InChI is InChI=1S/C22H31N5O6/c23-10-4-3-6-15(24)20(30)27-18(11-13-12-25-16-7-2-1-5-14(13)16)21(31)26-17(22(32)33)8-9-19(28)29/h1-2,5,7,12,15,17-18,25H,3-4,6,8-11,23-24H2,(H,26,31)(H,27,30)(H,28,29)(H,32,33). The van der Waals surface area contributed by atoms with Crippen LogP contribution in [0.5, 0.6) is 0 Å². The van der Waals surface area contributed by atoms with Crippen molar-refractivity contribution in [2.24, 2.45) is 11.5 Å². The summed E-state index contributed by atoms with van der Waals surface area (Å²) in [7, 11) is 0. The molecule has 33 heavy (non-hydrogen) atoms. The molecule has 0 saturated heterocycles. The number of nitrogens with one attached hydrogen (secondary N) is 3. The minimum Gasteiger partial charge on any atom is -0.481 e. The molecule has 0 radical (unpaired) electrons. The first kappa shape index (κ1) is 25.8. The molecule has 1 aromatic heterocycles. The number of aromatic nitrogens is 1. The molecule has 1 heterocycles. The maximum Gasteiger partial charge on any atom is 0.326 e. The zero-order valence-electron chi connectivity index (χ0n) is 18.3. The third-order valence-electron chi connectivity index (χ3n) is 5.30. The largest absolute Gasteiger partial charge is 0.481 e. The van der Waals surface area contributed by atoms with Crippen LogP contribution in [-0.4, -0.2) is 63.6 Å². The molecule has 9 N–H and O–H groups in total. The summed E-state index contributed by atoms with van der Waals surface area (Å²) in [5.41, 5.74) is 13.0. The highest BCUT2D eigenvalue weighted by atomic mass is 16.4. The van der Waals surface area contributed by atoms with E-state index in [0.717, 1.165) is 16.5 Å². The number of fused-ring (bicyclic) bond motifs is 1. The number of carbonyl (C=O) groups excluding carboxylic acids is 2. The van der Waals surface area contributed by atoms with Crippen LogP contribution in [0.4, 0.5) is 0 Å². The summed E-state index contributed by atoms with van der Waals surface area (Å²) in [6, 6.07) is 4.06. The van der Waals surface area contributed by atoms with Gasteiger partial charge in [-0.1, -0.05) is 24.6 Å². The molecule has 0 aliphatic heterocycles. The molecule has 0 aliphatic rings. The van der Waals surface area contributed by atoms with Crippen LogP contribution in [-0.2, 0) is 25.6 Å². The van der Waals surface area contributed by atoms with Crippen molar-refractivity contribution in [2.45, 2.75) is 56.7 Å². The highest BCUT2D eigenvalue weighted by Gasteiger charge is 2.29. The van der Waals surface area contributed by atoms with E-state index in [4.69, 9.17) is 16.6 Å². The van der Waals surface area contributed by atoms with E-state index in [9.17, 15) is 24.3 Å². The average molecular weight is 462 g/mol. The Morgan fingerprint density at radius 3 is 2.33 bits per heavy atom. The van der Waals surface area contributed by atoms with Gasteiger partial charge in [0.15, 0.2) is 0 Å². The number of para-hydroxylation sites is 1. The highest BCUT2D eigenvalue weighted by molar-refractivity contribution is 5.93. The van der Waals surface area contributed by atoms with Crippen LogP contribution in [0.15, 0.2) is 30.5 Å². The van der Waals surface area contributed by atoms with Crippen LogP contribution in [0.2, 0.25) is 0 Å². The molecule has 3 atom stereocenters. The molecule has 0 saturated carbocycles. The normalized spacial score (nSPS) is 13.8. The lowest BCUT2D eigenvalue weighted by Gasteiger charge is -2.23. The summed E-state index contributed by atoms with van der Waals surface area (Å²) >= 11 is 0. The van der Waals surface area contributed by atoms with Crippen molar-refractivity contribution < 1.29 is 29.4 Å². The van der Waals surface area contributed by atoms with Gasteiger partial charge in [-0.2, -0.15) is 0 Å². The number of aliphatic carboxylic acids is 2. The Kier molecular flexibility index (Phi) is 9.83. The van der Waals surface area contributed by atoms with Crippen molar-refractivity contribution >= 4 is 34.7 Å². The minimum absolute atomic E-state index is 0.0857. The summed E-state index contributed by atoms with van der Waals surface area (Å²) in [5, 5.41) is 24.0. The Morgan fingerprint density at radius 1 is 0.970 bits per heavy atom. The molecule has 3 unspecified atom stereocenters. The minimum atomic E-state index is -1.41. The van der Waals surface area contributed by atoms with Crippen LogP contribution in [0.25, 0.3) is 10.9 Å². The predicted molar refractivity (Wildman–Crippen MR) is 121 cm³/mol. The molecule has 11 nitrogen and oxygen atoms in total. The number of carboxylic acids is 2. The van der Waals surface area contributed by atoms with Gasteiger partial charge in [0.05, 0.1) is 6.04 Å². The predicted octanol–water partition coefficient (Wildman–Crippen LogP) is 0.0857. The third kappa shape index (κ3) is 7.88. The van der Waals surface area contributed by atoms with E-state index in [1.54, 1.807) is 6.20 Å². The molecular formula is C22H31N5O6. The van der Waals surface area contributed by atoms with E-state index >= 15 is 0 Å². The van der Waals surface area contributed by atoms with Gasteiger partial charge in [0.2, 0.25) is 11.8 Å². The Hall–Kier alpha value is -3.44. The SMILES string of the molecule is NCCCCC(N)C(=O)NC(Cc1c[nH]c2ccccc12)C(=O)NC(CCC(=O)O)C(=O)O. The summed E-state index contributed by atoms with van der Waals surface area (Å²) in [6.45, 7) is 0.479. The van der Waals surface area contributed by atoms with Gasteiger partial charge in [-0.15, -0.1) is 0 Å². The number of rotatable bonds is 14. The van der Waals surface area contributed by atoms with Gasteiger partial charge in [0, 0.05) is 29.9 Å². The number of nitrogens with two attached hydrogens (primary N) is 2. The van der Waals surface area contributed by atoms with Crippen LogP contribution in [0.3, 0.4) is 0 Å². The highest BCUT2D eigenvalue weighted by Crippen LogP contribution is 2.19. The quantitative estimate of drug-likeness (QED) is 0.192. The van der Waals surface area contributed by atoms with E-state index in [1.165, 1.54) is 0 Å². The van der Waals surface area contributed by atoms with Gasteiger partial charge in [0.25, 0.3) is 0 Å². The number of carbonyl (C=O) groups is 4. The third-order valence-corrected chi connectivity index (χ3v) is 5.30. The first-order valence-corrected chi connectivity index (χ1v) is 10.8. The van der Waals surface area contributed by atoms with Crippen LogP contribution in [0, 0.1) is 0 Å². The Morgan fingerprint density at radius 2 is 1.67 bits per heavy atom. The van der Waals surface area contributed by atoms with Crippen molar-refractivity contribution in [3.63, 3.8) is 0 Å². The van der Waals surface area contributed by atoms with Crippen LogP contribution in [0.1, 0.15) is 37.7 Å². The number of H-pyrrole nitrogens is 1. The lowest BCUT2D eigenvalue weighted by molar-refractivity contribution is -0.143. The Bertz CT molecular complexity index is 975. The van der Waals surface area contributed by atoms with Crippen molar-refractivity contribution in [1.29, 1.82) is 0 Å². The average Bonchev–Trinajstić information content (AvgIpc) is 3.18. The van der Waals surface area contributed by atoms with E-state index in [2.05, 4.69) is 15.6 Å². The molecule has 2 amide bonds. The number of aromatic amines is 1. The molecule has 0 fully saturated rings. The molecule has 180 valence electrons. The second-order valence-electron chi connectivity index (χ2n) is 7.85. The monoisotopic (exact) mass is 461 g/mol. The zero-order valence-corrected chi connectivity index (χ0v) is 18.3. The number of hydrogen-bond acceptors (Lipinski definition) is 6. The number of carboxylic acid groups (broad SMARTS) is 2. The summed E-state index contributed by atoms with van der Waals surface area (Å²) in [4.78, 5) is 51.0. The molecule has 2 rings (SSSR count). The molecule has 0 aliphatic carbocycles. The Balaban J connectivity index is 2.19. The second-order valence-corrected chi connectivity index (χ2v) is 7.85. The van der Waals surface area contributed by atoms with Crippen molar-refractivity contribution in [2.75, 3.05) is 6.54 Å². The van der Waals surface area contributed by atoms with Gasteiger partial charge < -0.3 is 37.3 Å². The van der Waals surface area contributed by atoms with E-state index in [-0.39, 0.29) is 12.8 Å². The molecule has 2 aromatic rings. The number of amides is 2. The smallest absolute Gasteiger partial charge is 0.326 e. The fourth-order valence-corrected chi connectivity index (χ4v) is 3.45. The van der Waals surface area contributed by atoms with Gasteiger partial charge in [-0.05, 0) is 37.4 Å². The van der Waals surface area contributed by atoms with Crippen molar-refractivity contribution in [1.82, 2.24) is 15.6 Å². The number of benzene rings is 1. The number of hydrogen-bond donors (Lipinski definition) is 7. The lowest BCUT2D eigenvalue weighted by atomic mass is 10.0. The van der Waals surface area contributed by atoms with Gasteiger partial charge in [-0.3, -0.25) is 14.4 Å². The Labute approximate surface area is 190 Å². The van der Waals surface area contributed by atoms with Crippen molar-refractivity contribution in [3.8, 4) is 0 Å². The first-order chi connectivity index (χ1) is 15.7. The maximum absolute atomic E-state index is 13.0. The topological polar surface area (TPSA) is 201 Å². The van der Waals surface area contributed by atoms with Gasteiger partial charge in [0.1, 0.15) is 12.1 Å². The molecule has 11 heteroatoms. The van der Waals surface area contributed by atoms with E-state index in [0.29, 0.717) is 25.8 Å². The van der Waals surface area contributed by atoms with E-state index in [1.807, 2.05) is 24.3 Å². The molecule has 0 spiro atoms. The van der Waals surface area contributed by atoms with E-state index < -0.39 is 48.3 Å². The molecule has 0 bridgehead atoms. The zero-order chi connectivity index (χ0) is 24.4. The van der Waals surface area contributed by atoms with Crippen LogP contribution < -0.4 is 22.1 Å². The lowest BCUT2D eigenvalue weighted by Crippen LogP contribution is -2.55. The number of unbranched alkanes of at least 4 members (excludes halogenated alkanes) is 1. The molecular weight excluding hydrogens is 430 g/mol. The van der Waals surface area contributed by atoms with Gasteiger partial charge >= 0.3 is 11.9 Å². The molecule has 1 aromatic carbocycles. The van der Waals surface area contributed by atoms with Gasteiger partial charge in [-0.25, -0.2) is 4.79 Å².